The summed E-state index contributed by atoms with van der Waals surface area (Å²) in [6.45, 7) is 2.38. The molecular weight excluding hydrogens is 459 g/mol. The van der Waals surface area contributed by atoms with Gasteiger partial charge < -0.3 is 21.3 Å². The van der Waals surface area contributed by atoms with Crippen LogP contribution in [0.3, 0.4) is 0 Å². The lowest BCUT2D eigenvalue weighted by Gasteiger charge is -2.32. The van der Waals surface area contributed by atoms with Crippen molar-refractivity contribution in [3.05, 3.63) is 40.7 Å². The number of fused-ring (bicyclic) bond motifs is 3. The predicted molar refractivity (Wildman–Crippen MR) is 130 cm³/mol. The number of piperazine rings is 1. The molecule has 0 spiro atoms. The van der Waals surface area contributed by atoms with Gasteiger partial charge in [-0.05, 0) is 56.0 Å². The summed E-state index contributed by atoms with van der Waals surface area (Å²) in [6, 6.07) is 3.09. The number of aryl methyl sites for hydroxylation is 1. The summed E-state index contributed by atoms with van der Waals surface area (Å²) in [5, 5.41) is 16.9. The van der Waals surface area contributed by atoms with E-state index >= 15 is 0 Å². The molecule has 0 radical (unpaired) electrons. The molecule has 2 heterocycles. The highest BCUT2D eigenvalue weighted by molar-refractivity contribution is 6.47. The predicted octanol–water partition coefficient (Wildman–Crippen LogP) is 2.72. The van der Waals surface area contributed by atoms with Gasteiger partial charge in [0.2, 0.25) is 0 Å². The number of likely N-dealkylation sites (N-methyl/N-ethyl adjacent to an activating group) is 1. The normalized spacial score (nSPS) is 17.4. The number of nitrogen functional groups attached to an aromatic ring is 1. The van der Waals surface area contributed by atoms with Gasteiger partial charge in [0.1, 0.15) is 11.4 Å². The van der Waals surface area contributed by atoms with Crippen LogP contribution in [0.5, 0.6) is 0 Å². The Morgan fingerprint density at radius 3 is 2.31 bits per heavy atom. The number of hydrogen-bond acceptors (Lipinski definition) is 7. The number of aromatic nitrogens is 1. The topological polar surface area (TPSA) is 136 Å². The van der Waals surface area contributed by atoms with Crippen molar-refractivity contribution >= 4 is 39.5 Å². The number of rotatable bonds is 4. The third-order valence-electron chi connectivity index (χ3n) is 6.73. The van der Waals surface area contributed by atoms with Crippen molar-refractivity contribution in [1.82, 2.24) is 14.8 Å². The summed E-state index contributed by atoms with van der Waals surface area (Å²) in [4.78, 5) is 21.4. The van der Waals surface area contributed by atoms with Gasteiger partial charge in [-0.25, -0.2) is 4.98 Å². The first-order chi connectivity index (χ1) is 16.5. The second-order valence-corrected chi connectivity index (χ2v) is 8.97. The molecule has 1 aliphatic heterocycles. The molecule has 8 nitrogen and oxygen atoms in total. The molecule has 35 heavy (non-hydrogen) atoms. The van der Waals surface area contributed by atoms with Crippen LogP contribution < -0.4 is 11.5 Å². The number of anilines is 1. The Balaban J connectivity index is 1.89. The van der Waals surface area contributed by atoms with Crippen molar-refractivity contribution < 1.29 is 18.0 Å². The molecule has 6 N–H and O–H groups in total. The Morgan fingerprint density at radius 2 is 1.71 bits per heavy atom. The van der Waals surface area contributed by atoms with E-state index < -0.39 is 23.4 Å². The molecule has 0 unspecified atom stereocenters. The number of halogens is 3. The molecule has 4 rings (SSSR count). The molecule has 186 valence electrons. The van der Waals surface area contributed by atoms with Gasteiger partial charge in [0.15, 0.2) is 0 Å². The molecule has 2 aromatic rings. The fourth-order valence-electron chi connectivity index (χ4n) is 4.84. The van der Waals surface area contributed by atoms with Crippen LogP contribution in [0.25, 0.3) is 16.5 Å². The zero-order valence-electron chi connectivity index (χ0n) is 19.4. The Kier molecular flexibility index (Phi) is 6.54. The van der Waals surface area contributed by atoms with Gasteiger partial charge in [-0.1, -0.05) is 0 Å². The van der Waals surface area contributed by atoms with E-state index in [1.165, 1.54) is 6.07 Å². The summed E-state index contributed by atoms with van der Waals surface area (Å²) < 4.78 is 40.2. The zero-order chi connectivity index (χ0) is 25.5. The molecule has 2 aliphatic rings. The smallest absolute Gasteiger partial charge is 0.404 e. The third-order valence-corrected chi connectivity index (χ3v) is 6.73. The van der Waals surface area contributed by atoms with Crippen molar-refractivity contribution in [2.24, 2.45) is 5.73 Å². The molecular formula is C24H28F3N7O. The van der Waals surface area contributed by atoms with Crippen molar-refractivity contribution in [2.75, 3.05) is 39.0 Å². The number of hydrogen-bond donors (Lipinski definition) is 4. The van der Waals surface area contributed by atoms with Gasteiger partial charge in [-0.15, -0.1) is 0 Å². The van der Waals surface area contributed by atoms with E-state index in [1.54, 1.807) is 11.0 Å². The van der Waals surface area contributed by atoms with E-state index in [9.17, 15) is 18.0 Å². The van der Waals surface area contributed by atoms with E-state index in [0.717, 1.165) is 19.0 Å². The molecule has 0 saturated carbocycles. The summed E-state index contributed by atoms with van der Waals surface area (Å²) in [6.07, 6.45) is -1.60. The fourth-order valence-corrected chi connectivity index (χ4v) is 4.84. The lowest BCUT2D eigenvalue weighted by atomic mass is 9.83. The van der Waals surface area contributed by atoms with E-state index in [0.29, 0.717) is 61.1 Å². The van der Waals surface area contributed by atoms with Crippen molar-refractivity contribution in [3.8, 4) is 0 Å². The first-order valence-electron chi connectivity index (χ1n) is 11.4. The minimum Gasteiger partial charge on any atom is -0.404 e. The lowest BCUT2D eigenvalue weighted by Crippen LogP contribution is -2.49. The zero-order valence-corrected chi connectivity index (χ0v) is 19.4. The molecule has 11 heteroatoms. The Morgan fingerprint density at radius 1 is 1.09 bits per heavy atom. The van der Waals surface area contributed by atoms with Crippen molar-refractivity contribution in [1.29, 1.82) is 10.8 Å². The SMILES string of the molecule is CN1CCN(C(=O)C(=N)c2c(N)ccc3nc(/C(=C/N)C(=N)C(F)(F)F)c4c(c23)CCCC4)CC1. The number of amides is 1. The number of nitrogens with zero attached hydrogens (tertiary/aromatic N) is 3. The summed E-state index contributed by atoms with van der Waals surface area (Å²) >= 11 is 0. The summed E-state index contributed by atoms with van der Waals surface area (Å²) in [5.41, 5.74) is 11.6. The Bertz CT molecular complexity index is 1240. The number of carbonyl (C=O) groups is 1. The number of carbonyl (C=O) groups excluding carboxylic acids is 1. The van der Waals surface area contributed by atoms with Gasteiger partial charge in [0, 0.05) is 54.6 Å². The quantitative estimate of drug-likeness (QED) is 0.388. The van der Waals surface area contributed by atoms with Crippen LogP contribution in [-0.4, -0.2) is 71.5 Å². The largest absolute Gasteiger partial charge is 0.433 e. The number of nitrogens with one attached hydrogen (secondary N) is 2. The van der Waals surface area contributed by atoms with Gasteiger partial charge in [-0.2, -0.15) is 13.2 Å². The van der Waals surface area contributed by atoms with E-state index in [4.69, 9.17) is 22.3 Å². The van der Waals surface area contributed by atoms with E-state index in [1.807, 2.05) is 7.05 Å². The molecule has 1 aliphatic carbocycles. The molecule has 1 amide bonds. The van der Waals surface area contributed by atoms with Crippen LogP contribution in [-0.2, 0) is 17.6 Å². The first-order valence-corrected chi connectivity index (χ1v) is 11.4. The van der Waals surface area contributed by atoms with Gasteiger partial charge in [0.25, 0.3) is 5.91 Å². The molecule has 1 aromatic carbocycles. The first kappa shape index (κ1) is 24.6. The molecule has 0 atom stereocenters. The minimum absolute atomic E-state index is 0.0182. The second-order valence-electron chi connectivity index (χ2n) is 8.97. The van der Waals surface area contributed by atoms with Crippen LogP contribution in [0.4, 0.5) is 18.9 Å². The van der Waals surface area contributed by atoms with Crippen LogP contribution in [0.2, 0.25) is 0 Å². The van der Waals surface area contributed by atoms with Gasteiger partial charge >= 0.3 is 6.18 Å². The van der Waals surface area contributed by atoms with Crippen LogP contribution in [0.1, 0.15) is 35.2 Å². The van der Waals surface area contributed by atoms with Crippen LogP contribution in [0, 0.1) is 10.8 Å². The number of benzene rings is 1. The molecule has 1 saturated heterocycles. The highest BCUT2D eigenvalue weighted by atomic mass is 19.4. The summed E-state index contributed by atoms with van der Waals surface area (Å²) in [7, 11) is 1.97. The Hall–Kier alpha value is -3.47. The second kappa shape index (κ2) is 9.29. The maximum atomic E-state index is 13.4. The number of pyridine rings is 1. The van der Waals surface area contributed by atoms with Crippen LogP contribution in [0.15, 0.2) is 18.3 Å². The van der Waals surface area contributed by atoms with Crippen molar-refractivity contribution in [3.63, 3.8) is 0 Å². The van der Waals surface area contributed by atoms with Crippen molar-refractivity contribution in [2.45, 2.75) is 31.9 Å². The maximum Gasteiger partial charge on any atom is 0.433 e. The highest BCUT2D eigenvalue weighted by Gasteiger charge is 2.39. The standard InChI is InChI=1S/C24H28F3N7O/c1-33-8-10-34(11-9-33)23(35)20(30)19-16(29)6-7-17-18(19)13-4-2-3-5-14(13)21(32-17)15(12-28)22(31)24(25,26)27/h6-7,12,30-31H,2-5,8-11,28-29H2,1H3/b15-12-,30-20?,31-22?. The number of nitrogens with two attached hydrogens (primary N) is 2. The highest BCUT2D eigenvalue weighted by Crippen LogP contribution is 2.38. The molecule has 0 bridgehead atoms. The Labute approximate surface area is 200 Å². The minimum atomic E-state index is -4.88. The average Bonchev–Trinajstić information content (AvgIpc) is 2.83. The van der Waals surface area contributed by atoms with E-state index in [-0.39, 0.29) is 22.7 Å². The molecule has 1 fully saturated rings. The maximum absolute atomic E-state index is 13.4. The lowest BCUT2D eigenvalue weighted by molar-refractivity contribution is -0.125. The van der Waals surface area contributed by atoms with Gasteiger partial charge in [-0.3, -0.25) is 15.6 Å². The monoisotopic (exact) mass is 487 g/mol. The number of alkyl halides is 3. The van der Waals surface area contributed by atoms with Gasteiger partial charge in [0.05, 0.1) is 11.2 Å². The summed E-state index contributed by atoms with van der Waals surface area (Å²) in [5.74, 6) is -0.438. The number of allylic oxidation sites excluding steroid dienone is 1. The van der Waals surface area contributed by atoms with Crippen LogP contribution >= 0.6 is 0 Å². The third kappa shape index (κ3) is 4.47. The molecule has 1 aromatic heterocycles. The average molecular weight is 488 g/mol. The van der Waals surface area contributed by atoms with E-state index in [2.05, 4.69) is 9.88 Å². The fraction of sp³-hybridized carbons (Fsp3) is 0.417.